The zero-order valence-corrected chi connectivity index (χ0v) is 14.5. The van der Waals surface area contributed by atoms with Crippen LogP contribution in [0, 0.1) is 15.9 Å². The summed E-state index contributed by atoms with van der Waals surface area (Å²) in [6.45, 7) is 1.71. The summed E-state index contributed by atoms with van der Waals surface area (Å²) in [5.74, 6) is -0.680. The molecule has 9 heteroatoms. The zero-order chi connectivity index (χ0) is 19.4. The first-order valence-electron chi connectivity index (χ1n) is 8.29. The van der Waals surface area contributed by atoms with Gasteiger partial charge in [0.2, 0.25) is 0 Å². The van der Waals surface area contributed by atoms with Gasteiger partial charge in [-0.05, 0) is 36.6 Å². The van der Waals surface area contributed by atoms with E-state index < -0.39 is 11.0 Å². The van der Waals surface area contributed by atoms with Gasteiger partial charge in [-0.15, -0.1) is 0 Å². The molecule has 0 radical (unpaired) electrons. The van der Waals surface area contributed by atoms with Crippen LogP contribution in [0.2, 0.25) is 0 Å². The fourth-order valence-corrected chi connectivity index (χ4v) is 2.77. The van der Waals surface area contributed by atoms with Crippen LogP contribution >= 0.6 is 0 Å². The van der Waals surface area contributed by atoms with Gasteiger partial charge in [0.15, 0.2) is 0 Å². The van der Waals surface area contributed by atoms with Crippen molar-refractivity contribution in [3.05, 3.63) is 75.6 Å². The Hall–Kier alpha value is -3.17. The molecule has 2 unspecified atom stereocenters. The van der Waals surface area contributed by atoms with Crippen LogP contribution in [0.25, 0.3) is 0 Å². The molecule has 0 spiro atoms. The molecule has 27 heavy (non-hydrogen) atoms. The van der Waals surface area contributed by atoms with E-state index in [4.69, 9.17) is 0 Å². The zero-order valence-electron chi connectivity index (χ0n) is 14.5. The Kier molecular flexibility index (Phi) is 5.53. The summed E-state index contributed by atoms with van der Waals surface area (Å²) >= 11 is 0. The van der Waals surface area contributed by atoms with Gasteiger partial charge < -0.3 is 0 Å². The fourth-order valence-electron chi connectivity index (χ4n) is 2.77. The largest absolute Gasteiger partial charge is 0.271 e. The Morgan fingerprint density at radius 1 is 1.26 bits per heavy atom. The molecule has 1 aliphatic heterocycles. The maximum absolute atomic E-state index is 13.0. The first-order valence-corrected chi connectivity index (χ1v) is 8.29. The SMILES string of the molecule is C/C(=N\NC(=O)C1CC(c2cccc([N+](=O)[O-])c2)NN1)c1ccc(F)cc1. The standard InChI is InChI=1S/C18H18FN5O3/c1-11(12-5-7-14(19)8-6-12)20-23-18(25)17-10-16(21-22-17)13-3-2-4-15(9-13)24(26)27/h2-9,16-17,21-22H,10H2,1H3,(H,23,25)/b20-11+. The fraction of sp³-hybridized carbons (Fsp3) is 0.222. The first kappa shape index (κ1) is 18.6. The molecule has 0 aromatic heterocycles. The van der Waals surface area contributed by atoms with E-state index in [-0.39, 0.29) is 23.5 Å². The Labute approximate surface area is 154 Å². The highest BCUT2D eigenvalue weighted by atomic mass is 19.1. The number of benzene rings is 2. The first-order chi connectivity index (χ1) is 12.9. The van der Waals surface area contributed by atoms with Gasteiger partial charge in [0, 0.05) is 18.2 Å². The van der Waals surface area contributed by atoms with Crippen molar-refractivity contribution in [2.45, 2.75) is 25.4 Å². The minimum absolute atomic E-state index is 0.00160. The van der Waals surface area contributed by atoms with Gasteiger partial charge >= 0.3 is 0 Å². The van der Waals surface area contributed by atoms with Gasteiger partial charge in [-0.25, -0.2) is 20.7 Å². The maximum atomic E-state index is 13.0. The summed E-state index contributed by atoms with van der Waals surface area (Å²) in [5.41, 5.74) is 10.3. The van der Waals surface area contributed by atoms with Crippen molar-refractivity contribution in [2.75, 3.05) is 0 Å². The van der Waals surface area contributed by atoms with Gasteiger partial charge in [0.1, 0.15) is 11.9 Å². The molecule has 1 saturated heterocycles. The Balaban J connectivity index is 1.60. The molecule has 0 aliphatic carbocycles. The number of hydrogen-bond acceptors (Lipinski definition) is 6. The predicted octanol–water partition coefficient (Wildman–Crippen LogP) is 2.18. The van der Waals surface area contributed by atoms with Crippen LogP contribution in [0.5, 0.6) is 0 Å². The number of nitrogens with one attached hydrogen (secondary N) is 3. The van der Waals surface area contributed by atoms with Crippen LogP contribution < -0.4 is 16.3 Å². The van der Waals surface area contributed by atoms with Crippen LogP contribution in [0.15, 0.2) is 53.6 Å². The molecule has 0 bridgehead atoms. The highest BCUT2D eigenvalue weighted by Crippen LogP contribution is 2.25. The highest BCUT2D eigenvalue weighted by molar-refractivity contribution is 5.99. The Bertz CT molecular complexity index is 885. The third kappa shape index (κ3) is 4.52. The summed E-state index contributed by atoms with van der Waals surface area (Å²) in [6, 6.07) is 11.3. The molecule has 2 aromatic carbocycles. The number of carbonyl (C=O) groups excluding carboxylic acids is 1. The number of rotatable bonds is 5. The van der Waals surface area contributed by atoms with Crippen molar-refractivity contribution in [3.63, 3.8) is 0 Å². The van der Waals surface area contributed by atoms with Crippen molar-refractivity contribution in [3.8, 4) is 0 Å². The highest BCUT2D eigenvalue weighted by Gasteiger charge is 2.30. The molecule has 1 heterocycles. The number of halogens is 1. The van der Waals surface area contributed by atoms with E-state index in [0.29, 0.717) is 17.7 Å². The molecular formula is C18H18FN5O3. The number of hydrazine groups is 1. The van der Waals surface area contributed by atoms with Gasteiger partial charge in [-0.3, -0.25) is 14.9 Å². The summed E-state index contributed by atoms with van der Waals surface area (Å²) in [6.07, 6.45) is 0.415. The minimum Gasteiger partial charge on any atom is -0.271 e. The third-order valence-corrected chi connectivity index (χ3v) is 4.30. The molecule has 8 nitrogen and oxygen atoms in total. The lowest BCUT2D eigenvalue weighted by molar-refractivity contribution is -0.384. The topological polar surface area (TPSA) is 109 Å². The number of nitrogens with zero attached hydrogens (tertiary/aromatic N) is 2. The molecule has 0 saturated carbocycles. The molecule has 2 atom stereocenters. The summed E-state index contributed by atoms with van der Waals surface area (Å²) < 4.78 is 13.0. The van der Waals surface area contributed by atoms with Crippen LogP contribution in [0.3, 0.4) is 0 Å². The second kappa shape index (κ2) is 8.02. The summed E-state index contributed by atoms with van der Waals surface area (Å²) in [7, 11) is 0. The quantitative estimate of drug-likeness (QED) is 0.424. The van der Waals surface area contributed by atoms with E-state index in [0.717, 1.165) is 5.56 Å². The van der Waals surface area contributed by atoms with Crippen LogP contribution in [-0.4, -0.2) is 22.6 Å². The molecule has 1 fully saturated rings. The van der Waals surface area contributed by atoms with Gasteiger partial charge in [0.05, 0.1) is 10.6 Å². The van der Waals surface area contributed by atoms with Gasteiger partial charge in [0.25, 0.3) is 11.6 Å². The van der Waals surface area contributed by atoms with E-state index in [2.05, 4.69) is 21.4 Å². The number of carbonyl (C=O) groups is 1. The van der Waals surface area contributed by atoms with E-state index >= 15 is 0 Å². The lowest BCUT2D eigenvalue weighted by atomic mass is 10.0. The second-order valence-corrected chi connectivity index (χ2v) is 6.16. The number of amides is 1. The van der Waals surface area contributed by atoms with Gasteiger partial charge in [-0.1, -0.05) is 24.3 Å². The summed E-state index contributed by atoms with van der Waals surface area (Å²) in [4.78, 5) is 22.7. The predicted molar refractivity (Wildman–Crippen MR) is 97.3 cm³/mol. The Morgan fingerprint density at radius 2 is 2.00 bits per heavy atom. The van der Waals surface area contributed by atoms with E-state index in [1.807, 2.05) is 0 Å². The third-order valence-electron chi connectivity index (χ3n) is 4.30. The molecule has 3 N–H and O–H groups in total. The smallest absolute Gasteiger partial charge is 0.269 e. The van der Waals surface area contributed by atoms with Crippen LogP contribution in [-0.2, 0) is 4.79 Å². The maximum Gasteiger partial charge on any atom is 0.269 e. The molecular weight excluding hydrogens is 353 g/mol. The molecule has 2 aromatic rings. The lowest BCUT2D eigenvalue weighted by Gasteiger charge is -2.09. The van der Waals surface area contributed by atoms with Crippen LogP contribution in [0.4, 0.5) is 10.1 Å². The van der Waals surface area contributed by atoms with Crippen molar-refractivity contribution >= 4 is 17.3 Å². The van der Waals surface area contributed by atoms with Crippen molar-refractivity contribution in [1.29, 1.82) is 0 Å². The molecule has 3 rings (SSSR count). The van der Waals surface area contributed by atoms with Crippen molar-refractivity contribution < 1.29 is 14.1 Å². The minimum atomic E-state index is -0.543. The number of hydrogen-bond donors (Lipinski definition) is 3. The normalized spacial score (nSPS) is 19.7. The average Bonchev–Trinajstić information content (AvgIpc) is 3.17. The van der Waals surface area contributed by atoms with Gasteiger partial charge in [-0.2, -0.15) is 5.10 Å². The van der Waals surface area contributed by atoms with Crippen molar-refractivity contribution in [1.82, 2.24) is 16.3 Å². The molecule has 1 amide bonds. The Morgan fingerprint density at radius 3 is 2.70 bits per heavy atom. The average molecular weight is 371 g/mol. The van der Waals surface area contributed by atoms with Crippen LogP contribution in [0.1, 0.15) is 30.5 Å². The monoisotopic (exact) mass is 371 g/mol. The van der Waals surface area contributed by atoms with E-state index in [1.54, 1.807) is 31.2 Å². The second-order valence-electron chi connectivity index (χ2n) is 6.16. The number of hydrazone groups is 1. The summed E-state index contributed by atoms with van der Waals surface area (Å²) in [5, 5.41) is 14.9. The van der Waals surface area contributed by atoms with E-state index in [9.17, 15) is 19.3 Å². The number of nitro benzene ring substituents is 1. The van der Waals surface area contributed by atoms with Crippen molar-refractivity contribution in [2.24, 2.45) is 5.10 Å². The molecule has 140 valence electrons. The lowest BCUT2D eigenvalue weighted by Crippen LogP contribution is -2.41. The molecule has 1 aliphatic rings. The number of nitro groups is 1. The van der Waals surface area contributed by atoms with E-state index in [1.165, 1.54) is 24.3 Å². The number of non-ortho nitro benzene ring substituents is 1.